The quantitative estimate of drug-likeness (QED) is 0.391. The Kier molecular flexibility index (Phi) is 2810. The van der Waals surface area contributed by atoms with Crippen molar-refractivity contribution in [3.05, 3.63) is 0 Å². The fourth-order valence-electron chi connectivity index (χ4n) is 0. The Morgan fingerprint density at radius 2 is 0.286 bits per heavy atom. The zero-order valence-corrected chi connectivity index (χ0v) is 7.75. The van der Waals surface area contributed by atoms with E-state index in [9.17, 15) is 0 Å². The molecule has 0 saturated carbocycles. The summed E-state index contributed by atoms with van der Waals surface area (Å²) in [6.07, 6.45) is 0. The van der Waals surface area contributed by atoms with E-state index >= 15 is 0 Å². The predicted octanol–water partition coefficient (Wildman–Crippen LogP) is -2.28. The molecule has 0 N–H and O–H groups in total. The van der Waals surface area contributed by atoms with Gasteiger partial charge in [-0.1, -0.05) is 0 Å². The Labute approximate surface area is 90.8 Å². The molecule has 0 aromatic carbocycles. The molecule has 7 heteroatoms. The molecule has 0 bridgehead atoms. The first-order chi connectivity index (χ1) is 0. The van der Waals surface area contributed by atoms with Crippen LogP contribution in [0.5, 0.6) is 0 Å². The Morgan fingerprint density at radius 3 is 0.286 bits per heavy atom. The Bertz CT molecular complexity index is 4.14. The molecule has 0 aliphatic heterocycles. The first-order valence-electron chi connectivity index (χ1n) is 0. The molecule has 21 valence electrons. The SMILES string of the molecule is [B].[B].[B].[B].[B].[B].[Pr]. The van der Waals surface area contributed by atoms with Crippen molar-refractivity contribution >= 4 is 50.5 Å². The van der Waals surface area contributed by atoms with Gasteiger partial charge in [-0.15, -0.1) is 0 Å². The van der Waals surface area contributed by atoms with Crippen LogP contribution in [0.2, 0.25) is 0 Å². The van der Waals surface area contributed by atoms with Crippen molar-refractivity contribution in [3.63, 3.8) is 0 Å². The molecule has 0 unspecified atom stereocenters. The molecule has 0 aromatic rings. The molecule has 0 rings (SSSR count). The summed E-state index contributed by atoms with van der Waals surface area (Å²) in [7, 11) is 0. The molecular formula is B6Pr. The minimum atomic E-state index is 0. The summed E-state index contributed by atoms with van der Waals surface area (Å²) in [5.41, 5.74) is 0. The van der Waals surface area contributed by atoms with Gasteiger partial charge in [-0.3, -0.25) is 0 Å². The van der Waals surface area contributed by atoms with Crippen LogP contribution in [-0.4, -0.2) is 50.5 Å². The van der Waals surface area contributed by atoms with Crippen LogP contribution in [0.4, 0.5) is 0 Å². The van der Waals surface area contributed by atoms with Crippen LogP contribution in [0, 0.1) is 41.3 Å². The van der Waals surface area contributed by atoms with Crippen LogP contribution in [-0.2, 0) is 0 Å². The van der Waals surface area contributed by atoms with E-state index < -0.39 is 0 Å². The van der Waals surface area contributed by atoms with Gasteiger partial charge in [0.15, 0.2) is 0 Å². The van der Waals surface area contributed by atoms with Crippen molar-refractivity contribution < 1.29 is 41.3 Å². The van der Waals surface area contributed by atoms with E-state index in [2.05, 4.69) is 0 Å². The topological polar surface area (TPSA) is 0 Å². The molecule has 0 atom stereocenters. The molecule has 0 aliphatic rings. The third kappa shape index (κ3) is 83.5. The van der Waals surface area contributed by atoms with Crippen molar-refractivity contribution in [3.8, 4) is 0 Å². The zero-order chi connectivity index (χ0) is 0. The molecule has 0 nitrogen and oxygen atoms in total. The monoisotopic (exact) mass is 207 g/mol. The van der Waals surface area contributed by atoms with Gasteiger partial charge < -0.3 is 0 Å². The minimum absolute atomic E-state index is 0. The van der Waals surface area contributed by atoms with Gasteiger partial charge in [-0.2, -0.15) is 0 Å². The summed E-state index contributed by atoms with van der Waals surface area (Å²) in [5.74, 6) is 0. The maximum atomic E-state index is 0. The zero-order valence-electron chi connectivity index (χ0n) is 4.04. The molecule has 0 saturated heterocycles. The van der Waals surface area contributed by atoms with Gasteiger partial charge in [0.2, 0.25) is 0 Å². The van der Waals surface area contributed by atoms with Crippen molar-refractivity contribution in [2.75, 3.05) is 0 Å². The molecule has 19 radical (unpaired) electrons. The van der Waals surface area contributed by atoms with Crippen LogP contribution in [0.3, 0.4) is 0 Å². The molecule has 0 fully saturated rings. The van der Waals surface area contributed by atoms with Crippen molar-refractivity contribution in [2.45, 2.75) is 0 Å². The second-order valence-electron chi connectivity index (χ2n) is 0. The van der Waals surface area contributed by atoms with Gasteiger partial charge in [0.25, 0.3) is 0 Å². The number of hydrogen-bond donors (Lipinski definition) is 0. The molecular weight excluding hydrogens is 206 g/mol. The largest absolute Gasteiger partial charge is 0 e. The van der Waals surface area contributed by atoms with E-state index in [-0.39, 0.29) is 91.8 Å². The fourth-order valence-corrected chi connectivity index (χ4v) is 0. The van der Waals surface area contributed by atoms with Gasteiger partial charge in [0.05, 0.1) is 0 Å². The third-order valence-corrected chi connectivity index (χ3v) is 0. The summed E-state index contributed by atoms with van der Waals surface area (Å²) in [6.45, 7) is 0. The van der Waals surface area contributed by atoms with Gasteiger partial charge >= 0.3 is 0 Å². The first-order valence-corrected chi connectivity index (χ1v) is 0. The van der Waals surface area contributed by atoms with Gasteiger partial charge in [-0.25, -0.2) is 0 Å². The second-order valence-corrected chi connectivity index (χ2v) is 0. The Morgan fingerprint density at radius 1 is 0.286 bits per heavy atom. The van der Waals surface area contributed by atoms with Crippen molar-refractivity contribution in [1.29, 1.82) is 0 Å². The summed E-state index contributed by atoms with van der Waals surface area (Å²) >= 11 is 0. The predicted molar refractivity (Wildman–Crippen MR) is 34.5 cm³/mol. The van der Waals surface area contributed by atoms with Gasteiger partial charge in [-0.05, 0) is 0 Å². The normalized spacial score (nSPS) is 0. The van der Waals surface area contributed by atoms with E-state index in [1.807, 2.05) is 0 Å². The van der Waals surface area contributed by atoms with Gasteiger partial charge in [0.1, 0.15) is 0 Å². The summed E-state index contributed by atoms with van der Waals surface area (Å²) in [6, 6.07) is 0. The molecule has 7 heavy (non-hydrogen) atoms. The first kappa shape index (κ1) is 171. The van der Waals surface area contributed by atoms with E-state index in [0.29, 0.717) is 0 Å². The van der Waals surface area contributed by atoms with Crippen LogP contribution < -0.4 is 0 Å². The van der Waals surface area contributed by atoms with E-state index in [1.165, 1.54) is 0 Å². The van der Waals surface area contributed by atoms with Crippen LogP contribution in [0.15, 0.2) is 0 Å². The maximum Gasteiger partial charge on any atom is 0 e. The van der Waals surface area contributed by atoms with Crippen LogP contribution >= 0.6 is 0 Å². The Hall–Kier alpha value is 1.75. The average molecular weight is 206 g/mol. The second kappa shape index (κ2) is 115. The average Bonchev–Trinajstić information content (AvgIpc) is 0. The summed E-state index contributed by atoms with van der Waals surface area (Å²) in [4.78, 5) is 0. The number of hydrogen-bond acceptors (Lipinski definition) is 0. The van der Waals surface area contributed by atoms with Crippen molar-refractivity contribution in [2.24, 2.45) is 0 Å². The number of rotatable bonds is 0. The summed E-state index contributed by atoms with van der Waals surface area (Å²) < 4.78 is 0. The molecule has 0 amide bonds. The minimum Gasteiger partial charge on any atom is 0 e. The Balaban J connectivity index is 0. The van der Waals surface area contributed by atoms with Crippen LogP contribution in [0.1, 0.15) is 0 Å². The fraction of sp³-hybridized carbons (Fsp3) is 0. The van der Waals surface area contributed by atoms with E-state index in [4.69, 9.17) is 0 Å². The molecule has 0 heterocycles. The molecule has 0 aromatic heterocycles. The van der Waals surface area contributed by atoms with Crippen molar-refractivity contribution in [1.82, 2.24) is 0 Å². The van der Waals surface area contributed by atoms with E-state index in [0.717, 1.165) is 0 Å². The van der Waals surface area contributed by atoms with Gasteiger partial charge in [0, 0.05) is 91.8 Å². The summed E-state index contributed by atoms with van der Waals surface area (Å²) in [5, 5.41) is 0. The standard InChI is InChI=1S/6B.Pr. The van der Waals surface area contributed by atoms with Crippen LogP contribution in [0.25, 0.3) is 0 Å². The molecule has 0 spiro atoms. The molecule has 0 aliphatic carbocycles. The third-order valence-electron chi connectivity index (χ3n) is 0. The maximum absolute atomic E-state index is 0. The smallest absolute Gasteiger partial charge is 0 e. The van der Waals surface area contributed by atoms with E-state index in [1.54, 1.807) is 0 Å².